The van der Waals surface area contributed by atoms with Gasteiger partial charge in [0, 0.05) is 12.6 Å². The summed E-state index contributed by atoms with van der Waals surface area (Å²) in [4.78, 5) is 2.49. The molecule has 2 heteroatoms. The zero-order valence-electron chi connectivity index (χ0n) is 13.0. The second-order valence-electron chi connectivity index (χ2n) is 5.97. The molecule has 3 atom stereocenters. The molecule has 1 saturated heterocycles. The molecule has 0 radical (unpaired) electrons. The first-order chi connectivity index (χ1) is 10.2. The van der Waals surface area contributed by atoms with Crippen LogP contribution in [0.5, 0.6) is 5.75 Å². The molecule has 2 aromatic carbocycles. The van der Waals surface area contributed by atoms with Crippen molar-refractivity contribution in [3.63, 3.8) is 0 Å². The second kappa shape index (κ2) is 5.90. The Morgan fingerprint density at radius 3 is 2.38 bits per heavy atom. The largest absolute Gasteiger partial charge is 0.491 e. The van der Waals surface area contributed by atoms with Crippen LogP contribution in [0.25, 0.3) is 0 Å². The first-order valence-corrected chi connectivity index (χ1v) is 7.66. The van der Waals surface area contributed by atoms with E-state index in [-0.39, 0.29) is 0 Å². The maximum Gasteiger partial charge on any atom is 0.125 e. The van der Waals surface area contributed by atoms with Crippen molar-refractivity contribution in [1.82, 2.24) is 4.90 Å². The van der Waals surface area contributed by atoms with Gasteiger partial charge in [0.1, 0.15) is 12.4 Å². The summed E-state index contributed by atoms with van der Waals surface area (Å²) in [5.74, 6) is 1.05. The Balaban J connectivity index is 1.57. The fourth-order valence-corrected chi connectivity index (χ4v) is 2.95. The van der Waals surface area contributed by atoms with Gasteiger partial charge in [-0.25, -0.2) is 0 Å². The van der Waals surface area contributed by atoms with E-state index < -0.39 is 0 Å². The van der Waals surface area contributed by atoms with Gasteiger partial charge in [0.15, 0.2) is 0 Å². The van der Waals surface area contributed by atoms with Gasteiger partial charge in [0.2, 0.25) is 0 Å². The first-order valence-electron chi connectivity index (χ1n) is 7.66. The normalized spacial score (nSPS) is 21.9. The molecule has 0 saturated carbocycles. The number of benzene rings is 2. The van der Waals surface area contributed by atoms with Crippen LogP contribution in [-0.4, -0.2) is 24.1 Å². The maximum atomic E-state index is 6.07. The van der Waals surface area contributed by atoms with Crippen LogP contribution in [-0.2, 0) is 0 Å². The average molecular weight is 281 g/mol. The molecule has 0 spiro atoms. The molecule has 1 heterocycles. The van der Waals surface area contributed by atoms with E-state index in [0.29, 0.717) is 12.1 Å². The third kappa shape index (κ3) is 3.11. The van der Waals surface area contributed by atoms with Crippen molar-refractivity contribution in [1.29, 1.82) is 0 Å². The number of aryl methyl sites for hydroxylation is 2. The molecular weight excluding hydrogens is 258 g/mol. The molecule has 0 bridgehead atoms. The molecule has 21 heavy (non-hydrogen) atoms. The van der Waals surface area contributed by atoms with Gasteiger partial charge < -0.3 is 4.74 Å². The highest BCUT2D eigenvalue weighted by molar-refractivity contribution is 5.39. The van der Waals surface area contributed by atoms with Crippen molar-refractivity contribution in [3.05, 3.63) is 65.2 Å². The summed E-state index contributed by atoms with van der Waals surface area (Å²) in [6.07, 6.45) is 0. The molecule has 2 nitrogen and oxygen atoms in total. The predicted molar refractivity (Wildman–Crippen MR) is 86.8 cm³/mol. The highest BCUT2D eigenvalue weighted by Crippen LogP contribution is 2.32. The number of nitrogens with zero attached hydrogens (tertiary/aromatic N) is 1. The smallest absolute Gasteiger partial charge is 0.125 e. The number of hydrogen-bond acceptors (Lipinski definition) is 2. The highest BCUT2D eigenvalue weighted by Gasteiger charge is 2.38. The number of para-hydroxylation sites is 1. The summed E-state index contributed by atoms with van der Waals surface area (Å²) < 4.78 is 6.07. The SMILES string of the molecule is Cc1cccc(C)c1OC[C@H]1CN1[C@H](C)c1ccccc1. The molecule has 0 aliphatic carbocycles. The topological polar surface area (TPSA) is 12.2 Å². The Morgan fingerprint density at radius 2 is 1.71 bits per heavy atom. The Labute approximate surface area is 127 Å². The maximum absolute atomic E-state index is 6.07. The molecule has 2 aromatic rings. The van der Waals surface area contributed by atoms with E-state index in [4.69, 9.17) is 4.74 Å². The fourth-order valence-electron chi connectivity index (χ4n) is 2.95. The molecule has 1 unspecified atom stereocenters. The van der Waals surface area contributed by atoms with Gasteiger partial charge in [-0.1, -0.05) is 48.5 Å². The van der Waals surface area contributed by atoms with Crippen LogP contribution in [0.15, 0.2) is 48.5 Å². The quantitative estimate of drug-likeness (QED) is 0.764. The summed E-state index contributed by atoms with van der Waals surface area (Å²) in [6, 6.07) is 18.0. The summed E-state index contributed by atoms with van der Waals surface area (Å²) in [6.45, 7) is 8.40. The van der Waals surface area contributed by atoms with Crippen molar-refractivity contribution in [2.75, 3.05) is 13.2 Å². The molecule has 110 valence electrons. The van der Waals surface area contributed by atoms with Crippen LogP contribution >= 0.6 is 0 Å². The minimum atomic E-state index is 0.470. The van der Waals surface area contributed by atoms with Crippen LogP contribution in [0.2, 0.25) is 0 Å². The van der Waals surface area contributed by atoms with Gasteiger partial charge in [0.05, 0.1) is 6.04 Å². The zero-order valence-corrected chi connectivity index (χ0v) is 13.0. The Bertz CT molecular complexity index is 588. The molecular formula is C19H23NO. The van der Waals surface area contributed by atoms with E-state index in [1.165, 1.54) is 16.7 Å². The van der Waals surface area contributed by atoms with Crippen LogP contribution < -0.4 is 4.74 Å². The van der Waals surface area contributed by atoms with Gasteiger partial charge >= 0.3 is 0 Å². The Morgan fingerprint density at radius 1 is 1.05 bits per heavy atom. The van der Waals surface area contributed by atoms with Crippen LogP contribution in [0.1, 0.15) is 29.7 Å². The lowest BCUT2D eigenvalue weighted by Gasteiger charge is -2.16. The van der Waals surface area contributed by atoms with E-state index in [0.717, 1.165) is 18.9 Å². The van der Waals surface area contributed by atoms with Crippen LogP contribution in [0.3, 0.4) is 0 Å². The molecule has 1 fully saturated rings. The molecule has 0 aromatic heterocycles. The lowest BCUT2D eigenvalue weighted by molar-refractivity contribution is 0.276. The van der Waals surface area contributed by atoms with Gasteiger partial charge in [-0.2, -0.15) is 0 Å². The predicted octanol–water partition coefficient (Wildman–Crippen LogP) is 4.13. The van der Waals surface area contributed by atoms with Crippen LogP contribution in [0, 0.1) is 13.8 Å². The van der Waals surface area contributed by atoms with E-state index in [2.05, 4.69) is 74.2 Å². The highest BCUT2D eigenvalue weighted by atomic mass is 16.5. The molecule has 0 N–H and O–H groups in total. The third-order valence-corrected chi connectivity index (χ3v) is 4.37. The average Bonchev–Trinajstić information content (AvgIpc) is 3.26. The van der Waals surface area contributed by atoms with E-state index in [1.54, 1.807) is 0 Å². The lowest BCUT2D eigenvalue weighted by Crippen LogP contribution is -2.14. The van der Waals surface area contributed by atoms with E-state index in [9.17, 15) is 0 Å². The van der Waals surface area contributed by atoms with Crippen molar-refractivity contribution in [3.8, 4) is 5.75 Å². The molecule has 1 aliphatic rings. The zero-order chi connectivity index (χ0) is 14.8. The summed E-state index contributed by atoms with van der Waals surface area (Å²) in [5.41, 5.74) is 3.82. The van der Waals surface area contributed by atoms with Gasteiger partial charge in [-0.15, -0.1) is 0 Å². The monoisotopic (exact) mass is 281 g/mol. The lowest BCUT2D eigenvalue weighted by atomic mass is 10.1. The van der Waals surface area contributed by atoms with Crippen molar-refractivity contribution >= 4 is 0 Å². The summed E-state index contributed by atoms with van der Waals surface area (Å²) in [7, 11) is 0. The first kappa shape index (κ1) is 14.2. The minimum absolute atomic E-state index is 0.470. The molecule has 0 amide bonds. The number of hydrogen-bond donors (Lipinski definition) is 0. The number of ether oxygens (including phenoxy) is 1. The molecule has 1 aliphatic heterocycles. The standard InChI is InChI=1S/C19H23NO/c1-14-8-7-9-15(2)19(14)21-13-18-12-20(18)16(3)17-10-5-4-6-11-17/h4-11,16,18H,12-13H2,1-3H3/t16-,18-,20?/m1/s1. The fraction of sp³-hybridized carbons (Fsp3) is 0.368. The van der Waals surface area contributed by atoms with E-state index >= 15 is 0 Å². The van der Waals surface area contributed by atoms with Crippen LogP contribution in [0.4, 0.5) is 0 Å². The van der Waals surface area contributed by atoms with Gasteiger partial charge in [0.25, 0.3) is 0 Å². The van der Waals surface area contributed by atoms with Gasteiger partial charge in [-0.05, 0) is 37.5 Å². The van der Waals surface area contributed by atoms with Crippen molar-refractivity contribution in [2.24, 2.45) is 0 Å². The van der Waals surface area contributed by atoms with Crippen molar-refractivity contribution in [2.45, 2.75) is 32.9 Å². The summed E-state index contributed by atoms with van der Waals surface area (Å²) in [5, 5.41) is 0. The molecule has 3 rings (SSSR count). The summed E-state index contributed by atoms with van der Waals surface area (Å²) >= 11 is 0. The van der Waals surface area contributed by atoms with Crippen molar-refractivity contribution < 1.29 is 4.74 Å². The number of rotatable bonds is 5. The Kier molecular flexibility index (Phi) is 3.98. The Hall–Kier alpha value is -1.80. The van der Waals surface area contributed by atoms with E-state index in [1.807, 2.05) is 0 Å². The second-order valence-corrected chi connectivity index (χ2v) is 5.97. The van der Waals surface area contributed by atoms with Gasteiger partial charge in [-0.3, -0.25) is 4.90 Å². The minimum Gasteiger partial charge on any atom is -0.491 e. The third-order valence-electron chi connectivity index (χ3n) is 4.37.